The number of hydrogen-bond donors (Lipinski definition) is 2. The zero-order chi connectivity index (χ0) is 23.0. The summed E-state index contributed by atoms with van der Waals surface area (Å²) in [5.41, 5.74) is 1.06. The first-order valence-electron chi connectivity index (χ1n) is 10.9. The van der Waals surface area contributed by atoms with E-state index in [2.05, 4.69) is 10.4 Å². The molecule has 1 saturated carbocycles. The van der Waals surface area contributed by atoms with E-state index in [4.69, 9.17) is 0 Å². The second-order valence-corrected chi connectivity index (χ2v) is 8.59. The molecule has 0 aliphatic heterocycles. The van der Waals surface area contributed by atoms with Gasteiger partial charge in [0.05, 0.1) is 24.2 Å². The highest BCUT2D eigenvalue weighted by molar-refractivity contribution is 5.92. The number of hydrogen-bond acceptors (Lipinski definition) is 3. The number of rotatable bonds is 5. The van der Waals surface area contributed by atoms with Crippen molar-refractivity contribution in [2.24, 2.45) is 7.05 Å². The second-order valence-electron chi connectivity index (χ2n) is 8.59. The average Bonchev–Trinajstić information content (AvgIpc) is 3.33. The Bertz CT molecular complexity index is 1130. The predicted octanol–water partition coefficient (Wildman–Crippen LogP) is 5.02. The molecule has 0 bridgehead atoms. The molecule has 1 unspecified atom stereocenters. The van der Waals surface area contributed by atoms with Crippen LogP contribution < -0.4 is 5.32 Å². The van der Waals surface area contributed by atoms with Crippen molar-refractivity contribution in [3.63, 3.8) is 0 Å². The molecule has 32 heavy (non-hydrogen) atoms. The predicted molar refractivity (Wildman–Crippen MR) is 114 cm³/mol. The van der Waals surface area contributed by atoms with Gasteiger partial charge in [0.2, 0.25) is 5.91 Å². The maximum atomic E-state index is 13.3. The van der Waals surface area contributed by atoms with Crippen LogP contribution in [0.5, 0.6) is 5.75 Å². The van der Waals surface area contributed by atoms with Crippen molar-refractivity contribution in [1.29, 1.82) is 0 Å². The van der Waals surface area contributed by atoms with E-state index < -0.39 is 17.8 Å². The average molecular weight is 448 g/mol. The van der Waals surface area contributed by atoms with Gasteiger partial charge in [-0.25, -0.2) is 0 Å². The Kier molecular flexibility index (Phi) is 5.92. The first-order valence-corrected chi connectivity index (χ1v) is 10.9. The van der Waals surface area contributed by atoms with Gasteiger partial charge in [0.1, 0.15) is 5.75 Å². The van der Waals surface area contributed by atoms with Crippen molar-refractivity contribution in [3.05, 3.63) is 47.4 Å². The Morgan fingerprint density at radius 1 is 1.25 bits per heavy atom. The number of aromatic hydroxyl groups is 1. The molecule has 0 radical (unpaired) electrons. The first kappa shape index (κ1) is 22.2. The summed E-state index contributed by atoms with van der Waals surface area (Å²) in [4.78, 5) is 12.9. The fourth-order valence-electron chi connectivity index (χ4n) is 4.57. The number of benzene rings is 1. The highest BCUT2D eigenvalue weighted by Crippen LogP contribution is 2.34. The normalized spacial score (nSPS) is 16.4. The van der Waals surface area contributed by atoms with E-state index in [1.54, 1.807) is 25.1 Å². The Balaban J connectivity index is 1.55. The van der Waals surface area contributed by atoms with Gasteiger partial charge in [-0.2, -0.15) is 18.3 Å². The summed E-state index contributed by atoms with van der Waals surface area (Å²) < 4.78 is 43.2. The Morgan fingerprint density at radius 3 is 2.66 bits per heavy atom. The molecular weight excluding hydrogens is 421 g/mol. The van der Waals surface area contributed by atoms with Gasteiger partial charge >= 0.3 is 6.18 Å². The molecule has 1 amide bonds. The number of alkyl halides is 3. The summed E-state index contributed by atoms with van der Waals surface area (Å²) in [5.74, 6) is -0.743. The van der Waals surface area contributed by atoms with Crippen LogP contribution in [-0.4, -0.2) is 25.4 Å². The molecule has 0 saturated heterocycles. The van der Waals surface area contributed by atoms with Gasteiger partial charge in [-0.3, -0.25) is 9.48 Å². The minimum absolute atomic E-state index is 0.0290. The number of phenolic OH excluding ortho intramolecular Hbond substituents is 1. The zero-order valence-corrected chi connectivity index (χ0v) is 18.1. The lowest BCUT2D eigenvalue weighted by Crippen LogP contribution is -2.29. The van der Waals surface area contributed by atoms with Gasteiger partial charge in [-0.15, -0.1) is 0 Å². The van der Waals surface area contributed by atoms with Crippen molar-refractivity contribution in [2.75, 3.05) is 0 Å². The first-order chi connectivity index (χ1) is 15.1. The van der Waals surface area contributed by atoms with Crippen molar-refractivity contribution in [1.82, 2.24) is 19.7 Å². The number of carbonyl (C=O) groups is 1. The molecule has 2 N–H and O–H groups in total. The van der Waals surface area contributed by atoms with Crippen LogP contribution in [0.25, 0.3) is 10.9 Å². The fraction of sp³-hybridized carbons (Fsp3) is 0.478. The number of aryl methyl sites for hydroxylation is 1. The lowest BCUT2D eigenvalue weighted by Gasteiger charge is -2.24. The van der Waals surface area contributed by atoms with Crippen molar-refractivity contribution in [3.8, 4) is 5.75 Å². The SMILES string of the molecule is CC(C(=O)NCc1cc(C(F)(F)F)nn1C1CCCCC1)c1cn(C)c2ccc(O)cc12. The van der Waals surface area contributed by atoms with Crippen LogP contribution in [0.4, 0.5) is 13.2 Å². The van der Waals surface area contributed by atoms with Crippen LogP contribution in [0, 0.1) is 0 Å². The lowest BCUT2D eigenvalue weighted by molar-refractivity contribution is -0.141. The second kappa shape index (κ2) is 8.52. The molecule has 0 spiro atoms. The number of carbonyl (C=O) groups excluding carboxylic acids is 1. The Morgan fingerprint density at radius 2 is 1.97 bits per heavy atom. The van der Waals surface area contributed by atoms with Gasteiger partial charge in [-0.1, -0.05) is 19.3 Å². The third-order valence-corrected chi connectivity index (χ3v) is 6.33. The number of fused-ring (bicyclic) bond motifs is 1. The third-order valence-electron chi connectivity index (χ3n) is 6.33. The molecule has 1 aliphatic rings. The van der Waals surface area contributed by atoms with Crippen molar-refractivity contribution < 1.29 is 23.1 Å². The molecule has 2 aromatic heterocycles. The number of halogens is 3. The Labute approximate surface area is 184 Å². The standard InChI is InChI=1S/C23H27F3N4O2/c1-14(19-13-29(2)20-9-8-17(31)11-18(19)20)22(32)27-12-16-10-21(23(24,25)26)28-30(16)15-6-4-3-5-7-15/h8-11,13-15,31H,3-7,12H2,1-2H3,(H,27,32). The van der Waals surface area contributed by atoms with Gasteiger partial charge < -0.3 is 15.0 Å². The number of amides is 1. The number of phenols is 1. The van der Waals surface area contributed by atoms with Crippen LogP contribution in [-0.2, 0) is 24.6 Å². The van der Waals surface area contributed by atoms with Crippen LogP contribution in [0.2, 0.25) is 0 Å². The molecule has 1 fully saturated rings. The molecule has 1 aliphatic carbocycles. The van der Waals surface area contributed by atoms with E-state index in [1.807, 2.05) is 17.8 Å². The minimum atomic E-state index is -4.53. The summed E-state index contributed by atoms with van der Waals surface area (Å²) in [6.45, 7) is 1.71. The van der Waals surface area contributed by atoms with Crippen LogP contribution in [0.15, 0.2) is 30.5 Å². The highest BCUT2D eigenvalue weighted by atomic mass is 19.4. The number of aromatic nitrogens is 3. The molecule has 1 atom stereocenters. The molecule has 6 nitrogen and oxygen atoms in total. The number of nitrogens with zero attached hydrogens (tertiary/aromatic N) is 3. The van der Waals surface area contributed by atoms with Gasteiger partial charge in [0.15, 0.2) is 5.69 Å². The van der Waals surface area contributed by atoms with Gasteiger partial charge in [0, 0.05) is 24.1 Å². The molecular formula is C23H27F3N4O2. The van der Waals surface area contributed by atoms with Gasteiger partial charge in [-0.05, 0) is 49.6 Å². The fourth-order valence-corrected chi connectivity index (χ4v) is 4.57. The smallest absolute Gasteiger partial charge is 0.435 e. The molecule has 3 aromatic rings. The van der Waals surface area contributed by atoms with E-state index in [9.17, 15) is 23.1 Å². The molecule has 4 rings (SSSR count). The van der Waals surface area contributed by atoms with E-state index in [0.717, 1.165) is 54.6 Å². The van der Waals surface area contributed by atoms with Crippen molar-refractivity contribution in [2.45, 2.75) is 63.7 Å². The van der Waals surface area contributed by atoms with Crippen LogP contribution in [0.3, 0.4) is 0 Å². The number of nitrogens with one attached hydrogen (secondary N) is 1. The van der Waals surface area contributed by atoms with Crippen LogP contribution >= 0.6 is 0 Å². The van der Waals surface area contributed by atoms with E-state index >= 15 is 0 Å². The van der Waals surface area contributed by atoms with E-state index in [0.29, 0.717) is 5.69 Å². The quantitative estimate of drug-likeness (QED) is 0.576. The largest absolute Gasteiger partial charge is 0.508 e. The molecule has 1 aromatic carbocycles. The molecule has 172 valence electrons. The Hall–Kier alpha value is -2.97. The highest BCUT2D eigenvalue weighted by Gasteiger charge is 2.36. The lowest BCUT2D eigenvalue weighted by atomic mass is 9.95. The monoisotopic (exact) mass is 448 g/mol. The zero-order valence-electron chi connectivity index (χ0n) is 18.1. The van der Waals surface area contributed by atoms with E-state index in [1.165, 1.54) is 4.68 Å². The molecule has 2 heterocycles. The summed E-state index contributed by atoms with van der Waals surface area (Å²) in [6.07, 6.45) is 1.88. The third kappa shape index (κ3) is 4.33. The van der Waals surface area contributed by atoms with E-state index in [-0.39, 0.29) is 24.2 Å². The summed E-state index contributed by atoms with van der Waals surface area (Å²) in [6, 6.07) is 5.93. The van der Waals surface area contributed by atoms with Gasteiger partial charge in [0.25, 0.3) is 0 Å². The summed E-state index contributed by atoms with van der Waals surface area (Å²) >= 11 is 0. The van der Waals surface area contributed by atoms with Crippen LogP contribution in [0.1, 0.15) is 67.9 Å². The summed E-state index contributed by atoms with van der Waals surface area (Å²) in [7, 11) is 1.86. The van der Waals surface area contributed by atoms with Crippen molar-refractivity contribution >= 4 is 16.8 Å². The maximum Gasteiger partial charge on any atom is 0.435 e. The summed E-state index contributed by atoms with van der Waals surface area (Å²) in [5, 5.41) is 17.3. The minimum Gasteiger partial charge on any atom is -0.508 e. The molecule has 9 heteroatoms. The topological polar surface area (TPSA) is 72.1 Å². The maximum absolute atomic E-state index is 13.3.